The van der Waals surface area contributed by atoms with Crippen LogP contribution in [-0.4, -0.2) is 22.9 Å². The number of ether oxygens (including phenoxy) is 2. The van der Waals surface area contributed by atoms with E-state index >= 15 is 0 Å². The fourth-order valence-electron chi connectivity index (χ4n) is 1.96. The Bertz CT molecular complexity index is 804. The van der Waals surface area contributed by atoms with Crippen LogP contribution >= 0.6 is 0 Å². The van der Waals surface area contributed by atoms with Gasteiger partial charge >= 0.3 is 5.97 Å². The van der Waals surface area contributed by atoms with Crippen molar-refractivity contribution >= 4 is 17.3 Å². The van der Waals surface area contributed by atoms with Crippen LogP contribution in [0.25, 0.3) is 0 Å². The van der Waals surface area contributed by atoms with Gasteiger partial charge in [0.25, 0.3) is 11.4 Å². The van der Waals surface area contributed by atoms with Crippen LogP contribution in [0.4, 0.5) is 11.4 Å². The number of nitro groups is 2. The van der Waals surface area contributed by atoms with Crippen molar-refractivity contribution < 1.29 is 24.1 Å². The summed E-state index contributed by atoms with van der Waals surface area (Å²) in [6.45, 7) is 0. The number of non-ortho nitro benzene ring substituents is 2. The van der Waals surface area contributed by atoms with Gasteiger partial charge in [-0.2, -0.15) is 0 Å². The highest BCUT2D eigenvalue weighted by Gasteiger charge is 2.16. The monoisotopic (exact) mass is 332 g/mol. The van der Waals surface area contributed by atoms with Crippen molar-refractivity contribution in [3.63, 3.8) is 0 Å². The second-order valence-electron chi connectivity index (χ2n) is 4.67. The summed E-state index contributed by atoms with van der Waals surface area (Å²) in [5.74, 6) is -0.613. The maximum absolute atomic E-state index is 12.0. The molecule has 9 heteroatoms. The van der Waals surface area contributed by atoms with Gasteiger partial charge in [0.05, 0.1) is 29.4 Å². The molecular formula is C15H12N2O7. The number of esters is 1. The first kappa shape index (κ1) is 16.9. The molecule has 24 heavy (non-hydrogen) atoms. The molecule has 0 N–H and O–H groups in total. The zero-order valence-electron chi connectivity index (χ0n) is 12.5. The number of nitrogens with zero attached hydrogens (tertiary/aromatic N) is 2. The first-order chi connectivity index (χ1) is 11.4. The first-order valence-electron chi connectivity index (χ1n) is 6.67. The lowest BCUT2D eigenvalue weighted by molar-refractivity contribution is -0.385. The molecule has 0 radical (unpaired) electrons. The summed E-state index contributed by atoms with van der Waals surface area (Å²) in [5.41, 5.74) is 0.0774. The molecule has 2 aromatic carbocycles. The number of carbonyl (C=O) groups excluding carboxylic acids is 1. The molecule has 0 fully saturated rings. The number of nitro benzene ring substituents is 2. The van der Waals surface area contributed by atoms with Crippen molar-refractivity contribution in [3.8, 4) is 11.5 Å². The molecule has 0 aliphatic carbocycles. The van der Waals surface area contributed by atoms with Crippen LogP contribution in [0.2, 0.25) is 0 Å². The van der Waals surface area contributed by atoms with Crippen LogP contribution in [0, 0.1) is 20.2 Å². The highest BCUT2D eigenvalue weighted by Crippen LogP contribution is 2.31. The minimum absolute atomic E-state index is 0.0264. The van der Waals surface area contributed by atoms with Crippen molar-refractivity contribution in [3.05, 3.63) is 68.3 Å². The number of carbonyl (C=O) groups is 1. The highest BCUT2D eigenvalue weighted by atomic mass is 16.6. The molecule has 0 spiro atoms. The van der Waals surface area contributed by atoms with Crippen LogP contribution < -0.4 is 9.47 Å². The third-order valence-corrected chi connectivity index (χ3v) is 3.05. The second-order valence-corrected chi connectivity index (χ2v) is 4.67. The van der Waals surface area contributed by atoms with Gasteiger partial charge in [-0.3, -0.25) is 25.0 Å². The molecule has 0 bridgehead atoms. The van der Waals surface area contributed by atoms with Crippen molar-refractivity contribution in [1.29, 1.82) is 0 Å². The first-order valence-corrected chi connectivity index (χ1v) is 6.67. The van der Waals surface area contributed by atoms with Gasteiger partial charge in [0.2, 0.25) is 0 Å². The van der Waals surface area contributed by atoms with E-state index in [-0.39, 0.29) is 29.3 Å². The molecule has 0 amide bonds. The summed E-state index contributed by atoms with van der Waals surface area (Å²) in [6, 6.07) is 9.17. The number of hydrogen-bond acceptors (Lipinski definition) is 7. The SMILES string of the molecule is COc1cc([N+](=O)[O-])ccc1OC(=O)Cc1cccc([N+](=O)[O-])c1. The lowest BCUT2D eigenvalue weighted by Gasteiger charge is -2.09. The van der Waals surface area contributed by atoms with E-state index in [2.05, 4.69) is 0 Å². The normalized spacial score (nSPS) is 10.0. The van der Waals surface area contributed by atoms with Gasteiger partial charge in [0.1, 0.15) is 0 Å². The fraction of sp³-hybridized carbons (Fsp3) is 0.133. The zero-order valence-corrected chi connectivity index (χ0v) is 12.5. The Morgan fingerprint density at radius 3 is 2.29 bits per heavy atom. The Kier molecular flexibility index (Phi) is 5.05. The third-order valence-electron chi connectivity index (χ3n) is 3.05. The van der Waals surface area contributed by atoms with E-state index in [4.69, 9.17) is 9.47 Å². The molecule has 0 atom stereocenters. The average Bonchev–Trinajstić information content (AvgIpc) is 2.55. The molecule has 0 saturated carbocycles. The summed E-state index contributed by atoms with van der Waals surface area (Å²) >= 11 is 0. The third kappa shape index (κ3) is 4.03. The lowest BCUT2D eigenvalue weighted by Crippen LogP contribution is -2.12. The summed E-state index contributed by atoms with van der Waals surface area (Å²) in [7, 11) is 1.29. The summed E-state index contributed by atoms with van der Waals surface area (Å²) in [5, 5.41) is 21.4. The van der Waals surface area contributed by atoms with Gasteiger partial charge in [-0.1, -0.05) is 12.1 Å². The minimum Gasteiger partial charge on any atom is -0.493 e. The quantitative estimate of drug-likeness (QED) is 0.345. The zero-order chi connectivity index (χ0) is 17.7. The molecule has 0 aliphatic rings. The van der Waals surface area contributed by atoms with E-state index in [1.165, 1.54) is 37.4 Å². The fourth-order valence-corrected chi connectivity index (χ4v) is 1.96. The number of benzene rings is 2. The van der Waals surface area contributed by atoms with E-state index in [0.717, 1.165) is 6.07 Å². The Labute approximate surface area is 135 Å². The maximum Gasteiger partial charge on any atom is 0.315 e. The molecule has 0 aromatic heterocycles. The van der Waals surface area contributed by atoms with Crippen LogP contribution in [-0.2, 0) is 11.2 Å². The Morgan fingerprint density at radius 1 is 1.00 bits per heavy atom. The molecule has 124 valence electrons. The predicted octanol–water partition coefficient (Wildman–Crippen LogP) is 2.66. The van der Waals surface area contributed by atoms with Gasteiger partial charge in [-0.05, 0) is 11.6 Å². The summed E-state index contributed by atoms with van der Waals surface area (Å²) < 4.78 is 10.1. The molecule has 0 heterocycles. The lowest BCUT2D eigenvalue weighted by atomic mass is 10.1. The summed E-state index contributed by atoms with van der Waals surface area (Å²) in [6.07, 6.45) is -0.193. The molecule has 2 rings (SSSR count). The van der Waals surface area contributed by atoms with Crippen molar-refractivity contribution in [2.75, 3.05) is 7.11 Å². The predicted molar refractivity (Wildman–Crippen MR) is 82.1 cm³/mol. The number of rotatable bonds is 6. The van der Waals surface area contributed by atoms with E-state index in [9.17, 15) is 25.0 Å². The van der Waals surface area contributed by atoms with Gasteiger partial charge in [0.15, 0.2) is 11.5 Å². The van der Waals surface area contributed by atoms with Gasteiger partial charge in [0, 0.05) is 18.2 Å². The highest BCUT2D eigenvalue weighted by molar-refractivity contribution is 5.76. The Balaban J connectivity index is 2.14. The minimum atomic E-state index is -0.678. The van der Waals surface area contributed by atoms with Crippen molar-refractivity contribution in [2.24, 2.45) is 0 Å². The number of methoxy groups -OCH3 is 1. The Morgan fingerprint density at radius 2 is 1.67 bits per heavy atom. The number of hydrogen-bond donors (Lipinski definition) is 0. The molecular weight excluding hydrogens is 320 g/mol. The van der Waals surface area contributed by atoms with Crippen LogP contribution in [0.3, 0.4) is 0 Å². The molecule has 0 unspecified atom stereocenters. The van der Waals surface area contributed by atoms with Crippen LogP contribution in [0.1, 0.15) is 5.56 Å². The van der Waals surface area contributed by atoms with Crippen molar-refractivity contribution in [2.45, 2.75) is 6.42 Å². The molecule has 2 aromatic rings. The van der Waals surface area contributed by atoms with Gasteiger partial charge in [-0.25, -0.2) is 0 Å². The van der Waals surface area contributed by atoms with Crippen LogP contribution in [0.5, 0.6) is 11.5 Å². The molecule has 0 saturated heterocycles. The summed E-state index contributed by atoms with van der Waals surface area (Å²) in [4.78, 5) is 32.2. The Hall–Kier alpha value is -3.49. The standard InChI is InChI=1S/C15H12N2O7/c1-23-14-9-12(17(21)22)5-6-13(14)24-15(18)8-10-3-2-4-11(7-10)16(19)20/h2-7,9H,8H2,1H3. The van der Waals surface area contributed by atoms with Crippen LogP contribution in [0.15, 0.2) is 42.5 Å². The molecule has 0 aliphatic heterocycles. The van der Waals surface area contributed by atoms with E-state index < -0.39 is 15.8 Å². The van der Waals surface area contributed by atoms with Gasteiger partial charge in [-0.15, -0.1) is 0 Å². The van der Waals surface area contributed by atoms with E-state index in [0.29, 0.717) is 5.56 Å². The topological polar surface area (TPSA) is 122 Å². The maximum atomic E-state index is 12.0. The van der Waals surface area contributed by atoms with Gasteiger partial charge < -0.3 is 9.47 Å². The average molecular weight is 332 g/mol. The second kappa shape index (κ2) is 7.18. The van der Waals surface area contributed by atoms with Crippen molar-refractivity contribution in [1.82, 2.24) is 0 Å². The smallest absolute Gasteiger partial charge is 0.315 e. The van der Waals surface area contributed by atoms with E-state index in [1.54, 1.807) is 6.07 Å². The largest absolute Gasteiger partial charge is 0.493 e. The molecule has 9 nitrogen and oxygen atoms in total. The van der Waals surface area contributed by atoms with E-state index in [1.807, 2.05) is 0 Å².